The number of carbonyl (C=O) groups is 2. The van der Waals surface area contributed by atoms with Crippen LogP contribution in [0.15, 0.2) is 36.1 Å². The van der Waals surface area contributed by atoms with Crippen LogP contribution >= 0.6 is 22.9 Å². The third-order valence-corrected chi connectivity index (χ3v) is 7.72. The second kappa shape index (κ2) is 7.33. The van der Waals surface area contributed by atoms with Crippen molar-refractivity contribution in [3.05, 3.63) is 51.6 Å². The van der Waals surface area contributed by atoms with Gasteiger partial charge < -0.3 is 9.47 Å². The highest BCUT2D eigenvalue weighted by Crippen LogP contribution is 2.55. The van der Waals surface area contributed by atoms with Crippen LogP contribution in [0.25, 0.3) is 16.0 Å². The standard InChI is InChI=1S/C24H23ClO4S/c1-11(2)24(27)29-23-19(22(26)20-16-8-9-17(28-16)21(20)23)15-10-18(30-12(15)3)13-4-6-14(25)7-5-13/h4-7,10-11,16-17,20-21H,8-9H2,1-3H3/t16-,17+,20-,21+/m1/s1. The van der Waals surface area contributed by atoms with E-state index in [2.05, 4.69) is 0 Å². The van der Waals surface area contributed by atoms with Gasteiger partial charge in [0.1, 0.15) is 5.76 Å². The summed E-state index contributed by atoms with van der Waals surface area (Å²) in [4.78, 5) is 28.1. The smallest absolute Gasteiger partial charge is 0.313 e. The largest absolute Gasteiger partial charge is 0.430 e. The molecule has 156 valence electrons. The van der Waals surface area contributed by atoms with E-state index in [1.807, 2.05) is 51.1 Å². The quantitative estimate of drug-likeness (QED) is 0.573. The number of esters is 1. The highest BCUT2D eigenvalue weighted by molar-refractivity contribution is 7.15. The summed E-state index contributed by atoms with van der Waals surface area (Å²) in [5.74, 6) is -0.355. The topological polar surface area (TPSA) is 52.6 Å². The fourth-order valence-electron chi connectivity index (χ4n) is 4.90. The molecule has 3 aliphatic rings. The minimum absolute atomic E-state index is 0.0360. The van der Waals surface area contributed by atoms with E-state index in [9.17, 15) is 9.59 Å². The highest BCUT2D eigenvalue weighted by Gasteiger charge is 2.60. The number of thiophene rings is 1. The van der Waals surface area contributed by atoms with Gasteiger partial charge in [0.2, 0.25) is 0 Å². The number of hydrogen-bond donors (Lipinski definition) is 0. The first-order valence-corrected chi connectivity index (χ1v) is 11.6. The summed E-state index contributed by atoms with van der Waals surface area (Å²) in [6.45, 7) is 5.63. The molecule has 0 spiro atoms. The third kappa shape index (κ3) is 3.06. The zero-order valence-electron chi connectivity index (χ0n) is 17.1. The molecule has 1 aromatic carbocycles. The Hall–Kier alpha value is -1.95. The number of fused-ring (bicyclic) bond motifs is 5. The molecular weight excluding hydrogens is 420 g/mol. The van der Waals surface area contributed by atoms with Crippen LogP contribution in [-0.2, 0) is 19.1 Å². The first kappa shape index (κ1) is 20.0. The number of carbonyl (C=O) groups excluding carboxylic acids is 2. The van der Waals surface area contributed by atoms with Gasteiger partial charge in [-0.25, -0.2) is 0 Å². The first-order valence-electron chi connectivity index (χ1n) is 10.4. The summed E-state index contributed by atoms with van der Waals surface area (Å²) in [5.41, 5.74) is 2.50. The molecule has 2 saturated heterocycles. The predicted octanol–water partition coefficient (Wildman–Crippen LogP) is 5.66. The number of benzene rings is 1. The van der Waals surface area contributed by atoms with Gasteiger partial charge in [0.25, 0.3) is 0 Å². The molecule has 0 radical (unpaired) electrons. The fraction of sp³-hybridized carbons (Fsp3) is 0.417. The van der Waals surface area contributed by atoms with Gasteiger partial charge >= 0.3 is 5.97 Å². The maximum Gasteiger partial charge on any atom is 0.313 e. The van der Waals surface area contributed by atoms with Crippen LogP contribution in [-0.4, -0.2) is 24.0 Å². The van der Waals surface area contributed by atoms with Gasteiger partial charge in [-0.1, -0.05) is 37.6 Å². The molecule has 2 fully saturated rings. The van der Waals surface area contributed by atoms with Crippen molar-refractivity contribution in [2.24, 2.45) is 17.8 Å². The minimum atomic E-state index is -0.301. The first-order chi connectivity index (χ1) is 14.3. The summed E-state index contributed by atoms with van der Waals surface area (Å²) in [6.07, 6.45) is 1.71. The van der Waals surface area contributed by atoms with Crippen molar-refractivity contribution in [3.63, 3.8) is 0 Å². The number of Topliss-reactive ketones (excluding diaryl/α,β-unsaturated/α-hetero) is 1. The lowest BCUT2D eigenvalue weighted by molar-refractivity contribution is -0.144. The number of hydrogen-bond acceptors (Lipinski definition) is 5. The van der Waals surface area contributed by atoms with Crippen LogP contribution in [0.3, 0.4) is 0 Å². The Labute approximate surface area is 184 Å². The maximum absolute atomic E-state index is 13.5. The second-order valence-electron chi connectivity index (χ2n) is 8.61. The molecular formula is C24H23ClO4S. The predicted molar refractivity (Wildman–Crippen MR) is 117 cm³/mol. The zero-order valence-corrected chi connectivity index (χ0v) is 18.7. The van der Waals surface area contributed by atoms with Crippen LogP contribution in [0.5, 0.6) is 0 Å². The van der Waals surface area contributed by atoms with Crippen LogP contribution < -0.4 is 0 Å². The molecule has 1 aromatic heterocycles. The van der Waals surface area contributed by atoms with E-state index in [-0.39, 0.29) is 41.7 Å². The number of halogens is 1. The summed E-state index contributed by atoms with van der Waals surface area (Å²) in [7, 11) is 0. The third-order valence-electron chi connectivity index (χ3n) is 6.37. The molecule has 0 N–H and O–H groups in total. The Morgan fingerprint density at radius 1 is 1.17 bits per heavy atom. The lowest BCUT2D eigenvalue weighted by Crippen LogP contribution is -2.30. The lowest BCUT2D eigenvalue weighted by atomic mass is 9.80. The average molecular weight is 443 g/mol. The molecule has 0 unspecified atom stereocenters. The average Bonchev–Trinajstić information content (AvgIpc) is 3.46. The highest BCUT2D eigenvalue weighted by atomic mass is 35.5. The van der Waals surface area contributed by atoms with E-state index >= 15 is 0 Å². The van der Waals surface area contributed by atoms with Crippen LogP contribution in [0.1, 0.15) is 37.1 Å². The lowest BCUT2D eigenvalue weighted by Gasteiger charge is -2.22. The monoisotopic (exact) mass is 442 g/mol. The number of ether oxygens (including phenoxy) is 2. The van der Waals surface area contributed by atoms with Crippen LogP contribution in [0.2, 0.25) is 5.02 Å². The number of rotatable bonds is 4. The van der Waals surface area contributed by atoms with Gasteiger partial charge in [-0.2, -0.15) is 0 Å². The van der Waals surface area contributed by atoms with Crippen molar-refractivity contribution < 1.29 is 19.1 Å². The van der Waals surface area contributed by atoms with Crippen LogP contribution in [0, 0.1) is 24.7 Å². The van der Waals surface area contributed by atoms with E-state index in [1.54, 1.807) is 11.3 Å². The summed E-state index contributed by atoms with van der Waals surface area (Å²) >= 11 is 7.66. The Kier molecular flexibility index (Phi) is 4.88. The van der Waals surface area contributed by atoms with E-state index in [0.717, 1.165) is 33.7 Å². The molecule has 4 nitrogen and oxygen atoms in total. The number of aryl methyl sites for hydroxylation is 1. The van der Waals surface area contributed by atoms with Crippen molar-refractivity contribution in [1.82, 2.24) is 0 Å². The zero-order chi connectivity index (χ0) is 21.2. The van der Waals surface area contributed by atoms with E-state index in [4.69, 9.17) is 21.1 Å². The summed E-state index contributed by atoms with van der Waals surface area (Å²) in [6, 6.07) is 9.72. The normalized spacial score (nSPS) is 27.3. The van der Waals surface area contributed by atoms with Crippen molar-refractivity contribution in [2.75, 3.05) is 0 Å². The molecule has 6 heteroatoms. The molecule has 3 heterocycles. The van der Waals surface area contributed by atoms with Crippen molar-refractivity contribution in [2.45, 2.75) is 45.8 Å². The molecule has 1 aliphatic carbocycles. The van der Waals surface area contributed by atoms with Gasteiger partial charge in [0.05, 0.1) is 35.5 Å². The van der Waals surface area contributed by atoms with E-state index in [1.165, 1.54) is 0 Å². The molecule has 2 aromatic rings. The van der Waals surface area contributed by atoms with Gasteiger partial charge in [-0.3, -0.25) is 9.59 Å². The maximum atomic E-state index is 13.5. The van der Waals surface area contributed by atoms with E-state index in [0.29, 0.717) is 16.4 Å². The van der Waals surface area contributed by atoms with Crippen molar-refractivity contribution in [3.8, 4) is 10.4 Å². The number of ketones is 1. The summed E-state index contributed by atoms with van der Waals surface area (Å²) in [5, 5.41) is 0.687. The molecule has 5 rings (SSSR count). The molecule has 2 bridgehead atoms. The van der Waals surface area contributed by atoms with Crippen molar-refractivity contribution in [1.29, 1.82) is 0 Å². The van der Waals surface area contributed by atoms with E-state index < -0.39 is 0 Å². The van der Waals surface area contributed by atoms with Gasteiger partial charge in [0.15, 0.2) is 5.78 Å². The van der Waals surface area contributed by atoms with Gasteiger partial charge in [0, 0.05) is 20.3 Å². The Morgan fingerprint density at radius 2 is 1.83 bits per heavy atom. The molecule has 0 amide bonds. The minimum Gasteiger partial charge on any atom is -0.430 e. The molecule has 30 heavy (non-hydrogen) atoms. The van der Waals surface area contributed by atoms with Crippen molar-refractivity contribution >= 4 is 40.3 Å². The van der Waals surface area contributed by atoms with Crippen LogP contribution in [0.4, 0.5) is 0 Å². The molecule has 4 atom stereocenters. The summed E-state index contributed by atoms with van der Waals surface area (Å²) < 4.78 is 11.9. The molecule has 2 aliphatic heterocycles. The van der Waals surface area contributed by atoms with Gasteiger partial charge in [-0.15, -0.1) is 11.3 Å². The Morgan fingerprint density at radius 3 is 2.50 bits per heavy atom. The van der Waals surface area contributed by atoms with Gasteiger partial charge in [-0.05, 0) is 43.5 Å². The Balaban J connectivity index is 1.61. The fourth-order valence-corrected chi connectivity index (χ4v) is 6.05. The number of allylic oxidation sites excluding steroid dienone is 1. The Bertz CT molecular complexity index is 1070. The SMILES string of the molecule is Cc1sc(-c2ccc(Cl)cc2)cc1C1=C(OC(=O)C(C)C)[C@@H]2[C@H](C1=O)[C@H]1CC[C@@H]2O1. The second-order valence-corrected chi connectivity index (χ2v) is 10.3. The molecule has 0 saturated carbocycles.